The van der Waals surface area contributed by atoms with Crippen molar-refractivity contribution in [3.05, 3.63) is 12.2 Å². The van der Waals surface area contributed by atoms with E-state index in [0.29, 0.717) is 25.5 Å². The number of rotatable bonds is 2. The summed E-state index contributed by atoms with van der Waals surface area (Å²) in [7, 11) is 0. The molecule has 1 N–H and O–H groups in total. The number of aromatic nitrogens is 3. The first-order chi connectivity index (χ1) is 7.16. The molecule has 0 saturated heterocycles. The number of carboxylic acids is 1. The summed E-state index contributed by atoms with van der Waals surface area (Å²) in [5.74, 6) is -0.788. The third kappa shape index (κ3) is 1.95. The summed E-state index contributed by atoms with van der Waals surface area (Å²) in [5.41, 5.74) is 0. The van der Waals surface area contributed by atoms with Crippen LogP contribution in [0.4, 0.5) is 0 Å². The molecule has 0 fully saturated rings. The number of carbonyl (C=O) groups excluding carboxylic acids is 1. The number of amides is 1. The minimum atomic E-state index is -1.10. The van der Waals surface area contributed by atoms with Gasteiger partial charge in [-0.25, -0.2) is 0 Å². The Morgan fingerprint density at radius 2 is 2.27 bits per heavy atom. The summed E-state index contributed by atoms with van der Waals surface area (Å²) in [4.78, 5) is 23.3. The lowest BCUT2D eigenvalue weighted by atomic mass is 10.3. The van der Waals surface area contributed by atoms with Gasteiger partial charge in [-0.1, -0.05) is 0 Å². The van der Waals surface area contributed by atoms with E-state index in [0.717, 1.165) is 0 Å². The fourth-order valence-electron chi connectivity index (χ4n) is 1.52. The molecular formula is C8H10N4O3. The molecule has 1 aliphatic rings. The zero-order chi connectivity index (χ0) is 10.8. The van der Waals surface area contributed by atoms with Crippen molar-refractivity contribution >= 4 is 11.9 Å². The zero-order valence-corrected chi connectivity index (χ0v) is 7.96. The molecule has 2 rings (SSSR count). The van der Waals surface area contributed by atoms with Gasteiger partial charge >= 0.3 is 5.97 Å². The lowest BCUT2D eigenvalue weighted by molar-refractivity contribution is -0.144. The highest BCUT2D eigenvalue weighted by atomic mass is 16.4. The Morgan fingerprint density at radius 3 is 3.00 bits per heavy atom. The average Bonchev–Trinajstić information content (AvgIpc) is 2.62. The van der Waals surface area contributed by atoms with Gasteiger partial charge in [0.05, 0.1) is 6.54 Å². The Morgan fingerprint density at radius 1 is 1.47 bits per heavy atom. The quantitative estimate of drug-likeness (QED) is 0.639. The standard InChI is InChI=1S/C8H10N4O3/c13-7(3-8(14)15)11-1-2-12-5-9-10-6(12)4-11/h5H,1-4H2,(H,14,15). The molecule has 0 saturated carbocycles. The molecule has 0 bridgehead atoms. The lowest BCUT2D eigenvalue weighted by Crippen LogP contribution is -2.39. The first-order valence-corrected chi connectivity index (χ1v) is 4.53. The molecule has 0 unspecified atom stereocenters. The number of carboxylic acid groups (broad SMARTS) is 1. The summed E-state index contributed by atoms with van der Waals surface area (Å²) in [6.07, 6.45) is 1.14. The van der Waals surface area contributed by atoms with Gasteiger partial charge in [0.2, 0.25) is 5.91 Å². The summed E-state index contributed by atoms with van der Waals surface area (Å²) in [6.45, 7) is 1.47. The van der Waals surface area contributed by atoms with E-state index in [4.69, 9.17) is 5.11 Å². The number of hydrogen-bond acceptors (Lipinski definition) is 4. The molecule has 1 amide bonds. The molecule has 0 spiro atoms. The molecule has 2 heterocycles. The van der Waals surface area contributed by atoms with Crippen LogP contribution in [-0.4, -0.2) is 43.2 Å². The highest BCUT2D eigenvalue weighted by Crippen LogP contribution is 2.09. The molecule has 0 aliphatic carbocycles. The third-order valence-electron chi connectivity index (χ3n) is 2.29. The maximum absolute atomic E-state index is 11.4. The van der Waals surface area contributed by atoms with Crippen LogP contribution in [0.5, 0.6) is 0 Å². The van der Waals surface area contributed by atoms with Crippen LogP contribution < -0.4 is 0 Å². The van der Waals surface area contributed by atoms with Crippen molar-refractivity contribution in [2.45, 2.75) is 19.5 Å². The van der Waals surface area contributed by atoms with E-state index in [1.165, 1.54) is 4.90 Å². The second kappa shape index (κ2) is 3.68. The van der Waals surface area contributed by atoms with Gasteiger partial charge in [0, 0.05) is 13.1 Å². The van der Waals surface area contributed by atoms with Crippen LogP contribution in [0.25, 0.3) is 0 Å². The van der Waals surface area contributed by atoms with E-state index in [-0.39, 0.29) is 5.91 Å². The average molecular weight is 210 g/mol. The molecule has 0 radical (unpaired) electrons. The summed E-state index contributed by atoms with van der Waals surface area (Å²) < 4.78 is 1.85. The van der Waals surface area contributed by atoms with E-state index in [9.17, 15) is 9.59 Å². The number of fused-ring (bicyclic) bond motifs is 1. The summed E-state index contributed by atoms with van der Waals surface area (Å²) in [6, 6.07) is 0. The predicted octanol–water partition coefficient (Wildman–Crippen LogP) is -0.905. The smallest absolute Gasteiger partial charge is 0.312 e. The number of carbonyl (C=O) groups is 2. The van der Waals surface area contributed by atoms with E-state index in [1.807, 2.05) is 4.57 Å². The molecule has 15 heavy (non-hydrogen) atoms. The van der Waals surface area contributed by atoms with Gasteiger partial charge in [-0.15, -0.1) is 10.2 Å². The van der Waals surface area contributed by atoms with Gasteiger partial charge in [-0.2, -0.15) is 0 Å². The van der Waals surface area contributed by atoms with Crippen LogP contribution in [-0.2, 0) is 22.7 Å². The van der Waals surface area contributed by atoms with Gasteiger partial charge in [0.15, 0.2) is 5.82 Å². The van der Waals surface area contributed by atoms with Gasteiger partial charge in [-0.3, -0.25) is 9.59 Å². The highest BCUT2D eigenvalue weighted by Gasteiger charge is 2.22. The Bertz CT molecular complexity index is 400. The molecular weight excluding hydrogens is 200 g/mol. The Hall–Kier alpha value is -1.92. The molecule has 0 aromatic carbocycles. The van der Waals surface area contributed by atoms with E-state index >= 15 is 0 Å². The second-order valence-electron chi connectivity index (χ2n) is 3.33. The van der Waals surface area contributed by atoms with Crippen molar-refractivity contribution in [2.75, 3.05) is 6.54 Å². The van der Waals surface area contributed by atoms with Crippen LogP contribution in [0.3, 0.4) is 0 Å². The van der Waals surface area contributed by atoms with Crippen molar-refractivity contribution in [3.8, 4) is 0 Å². The first kappa shape index (κ1) is 9.63. The van der Waals surface area contributed by atoms with Crippen molar-refractivity contribution in [1.29, 1.82) is 0 Å². The third-order valence-corrected chi connectivity index (χ3v) is 2.29. The fourth-order valence-corrected chi connectivity index (χ4v) is 1.52. The molecule has 1 aliphatic heterocycles. The fraction of sp³-hybridized carbons (Fsp3) is 0.500. The van der Waals surface area contributed by atoms with Crippen LogP contribution in [0, 0.1) is 0 Å². The van der Waals surface area contributed by atoms with Gasteiger partial charge < -0.3 is 14.6 Å². The summed E-state index contributed by atoms with van der Waals surface area (Å²) >= 11 is 0. The van der Waals surface area contributed by atoms with Crippen molar-refractivity contribution < 1.29 is 14.7 Å². The minimum Gasteiger partial charge on any atom is -0.481 e. The summed E-state index contributed by atoms with van der Waals surface area (Å²) in [5, 5.41) is 16.0. The van der Waals surface area contributed by atoms with Gasteiger partial charge in [0.25, 0.3) is 0 Å². The Kier molecular flexibility index (Phi) is 2.36. The number of hydrogen-bond donors (Lipinski definition) is 1. The van der Waals surface area contributed by atoms with E-state index < -0.39 is 12.4 Å². The van der Waals surface area contributed by atoms with Crippen LogP contribution in [0.15, 0.2) is 6.33 Å². The van der Waals surface area contributed by atoms with Crippen molar-refractivity contribution in [3.63, 3.8) is 0 Å². The zero-order valence-electron chi connectivity index (χ0n) is 7.96. The first-order valence-electron chi connectivity index (χ1n) is 4.53. The predicted molar refractivity (Wildman–Crippen MR) is 47.7 cm³/mol. The SMILES string of the molecule is O=C(O)CC(=O)N1CCn2cnnc2C1. The monoisotopic (exact) mass is 210 g/mol. The molecule has 7 heteroatoms. The maximum atomic E-state index is 11.4. The minimum absolute atomic E-state index is 0.339. The molecule has 0 atom stereocenters. The Balaban J connectivity index is 2.03. The van der Waals surface area contributed by atoms with Crippen LogP contribution in [0.2, 0.25) is 0 Å². The molecule has 1 aromatic rings. The Labute approximate surface area is 85.3 Å². The van der Waals surface area contributed by atoms with Crippen LogP contribution >= 0.6 is 0 Å². The molecule has 7 nitrogen and oxygen atoms in total. The van der Waals surface area contributed by atoms with Gasteiger partial charge in [0.1, 0.15) is 12.7 Å². The maximum Gasteiger partial charge on any atom is 0.312 e. The number of aliphatic carboxylic acids is 1. The van der Waals surface area contributed by atoms with E-state index in [1.54, 1.807) is 6.33 Å². The van der Waals surface area contributed by atoms with Crippen LogP contribution in [0.1, 0.15) is 12.2 Å². The number of nitrogens with zero attached hydrogens (tertiary/aromatic N) is 4. The van der Waals surface area contributed by atoms with Crippen molar-refractivity contribution in [2.24, 2.45) is 0 Å². The largest absolute Gasteiger partial charge is 0.481 e. The van der Waals surface area contributed by atoms with Crippen molar-refractivity contribution in [1.82, 2.24) is 19.7 Å². The second-order valence-corrected chi connectivity index (χ2v) is 3.33. The van der Waals surface area contributed by atoms with Gasteiger partial charge in [-0.05, 0) is 0 Å². The molecule has 80 valence electrons. The normalized spacial score (nSPS) is 14.8. The molecule has 1 aromatic heterocycles. The lowest BCUT2D eigenvalue weighted by Gasteiger charge is -2.26. The van der Waals surface area contributed by atoms with E-state index in [2.05, 4.69) is 10.2 Å². The highest BCUT2D eigenvalue weighted by molar-refractivity contribution is 5.93. The topological polar surface area (TPSA) is 88.3 Å².